The third-order valence-electron chi connectivity index (χ3n) is 4.03. The zero-order valence-electron chi connectivity index (χ0n) is 13.6. The van der Waals surface area contributed by atoms with Gasteiger partial charge >= 0.3 is 0 Å². The third-order valence-corrected chi connectivity index (χ3v) is 4.03. The van der Waals surface area contributed by atoms with Crippen LogP contribution in [0, 0.1) is 5.92 Å². The van der Waals surface area contributed by atoms with Crippen LogP contribution in [-0.4, -0.2) is 30.8 Å². The molecule has 3 rings (SSSR count). The summed E-state index contributed by atoms with van der Waals surface area (Å²) < 4.78 is 5.11. The zero-order chi connectivity index (χ0) is 17.6. The molecule has 2 heterocycles. The predicted molar refractivity (Wildman–Crippen MR) is 90.5 cm³/mol. The van der Waals surface area contributed by atoms with Crippen molar-refractivity contribution in [3.63, 3.8) is 0 Å². The second kappa shape index (κ2) is 7.65. The fourth-order valence-electron chi connectivity index (χ4n) is 2.71. The van der Waals surface area contributed by atoms with Crippen LogP contribution >= 0.6 is 0 Å². The Bertz CT molecular complexity index is 743. The van der Waals surface area contributed by atoms with E-state index in [2.05, 4.69) is 10.6 Å². The quantitative estimate of drug-likeness (QED) is 0.822. The predicted octanol–water partition coefficient (Wildman–Crippen LogP) is 1.07. The molecule has 0 spiro atoms. The fraction of sp³-hybridized carbons (Fsp3) is 0.278. The first kappa shape index (κ1) is 16.8. The number of para-hydroxylation sites is 1. The van der Waals surface area contributed by atoms with E-state index in [1.807, 2.05) is 30.3 Å². The van der Waals surface area contributed by atoms with Crippen LogP contribution in [0.15, 0.2) is 53.1 Å². The van der Waals surface area contributed by atoms with Crippen LogP contribution < -0.4 is 15.5 Å². The molecule has 1 atom stereocenters. The number of furan rings is 1. The molecular weight excluding hydrogens is 322 g/mol. The van der Waals surface area contributed by atoms with E-state index in [0.29, 0.717) is 12.3 Å². The monoisotopic (exact) mass is 341 g/mol. The van der Waals surface area contributed by atoms with Gasteiger partial charge in [0.15, 0.2) is 0 Å². The van der Waals surface area contributed by atoms with Crippen molar-refractivity contribution in [3.8, 4) is 0 Å². The summed E-state index contributed by atoms with van der Waals surface area (Å²) in [7, 11) is 0. The molecular formula is C18H19N3O4. The topological polar surface area (TPSA) is 91.7 Å². The van der Waals surface area contributed by atoms with E-state index < -0.39 is 5.92 Å². The molecule has 1 aliphatic rings. The molecule has 1 aromatic carbocycles. The number of nitrogens with zero attached hydrogens (tertiary/aromatic N) is 1. The van der Waals surface area contributed by atoms with Crippen molar-refractivity contribution in [1.82, 2.24) is 10.6 Å². The number of hydrogen-bond donors (Lipinski definition) is 2. The summed E-state index contributed by atoms with van der Waals surface area (Å²) in [5, 5.41) is 5.24. The van der Waals surface area contributed by atoms with Gasteiger partial charge in [-0.15, -0.1) is 0 Å². The highest BCUT2D eigenvalue weighted by atomic mass is 16.3. The van der Waals surface area contributed by atoms with Crippen LogP contribution in [0.4, 0.5) is 5.69 Å². The first-order valence-electron chi connectivity index (χ1n) is 8.05. The van der Waals surface area contributed by atoms with Gasteiger partial charge in [0.1, 0.15) is 5.76 Å². The van der Waals surface area contributed by atoms with Gasteiger partial charge in [-0.3, -0.25) is 14.4 Å². The average Bonchev–Trinajstić information content (AvgIpc) is 3.28. The van der Waals surface area contributed by atoms with E-state index in [1.54, 1.807) is 17.0 Å². The molecule has 130 valence electrons. The van der Waals surface area contributed by atoms with Crippen LogP contribution in [0.5, 0.6) is 0 Å². The van der Waals surface area contributed by atoms with Crippen LogP contribution in [0.2, 0.25) is 0 Å². The fourth-order valence-corrected chi connectivity index (χ4v) is 2.71. The molecule has 0 saturated carbocycles. The largest absolute Gasteiger partial charge is 0.467 e. The minimum atomic E-state index is -0.453. The Morgan fingerprint density at radius 2 is 1.92 bits per heavy atom. The Kier molecular flexibility index (Phi) is 5.13. The molecule has 1 aliphatic heterocycles. The molecule has 0 aliphatic carbocycles. The number of nitrogens with one attached hydrogen (secondary N) is 2. The molecule has 25 heavy (non-hydrogen) atoms. The zero-order valence-corrected chi connectivity index (χ0v) is 13.6. The maximum absolute atomic E-state index is 12.2. The van der Waals surface area contributed by atoms with Gasteiger partial charge in [0.05, 0.1) is 25.3 Å². The first-order chi connectivity index (χ1) is 12.1. The highest BCUT2D eigenvalue weighted by Crippen LogP contribution is 2.24. The molecule has 0 radical (unpaired) electrons. The van der Waals surface area contributed by atoms with Crippen LogP contribution in [0.25, 0.3) is 0 Å². The summed E-state index contributed by atoms with van der Waals surface area (Å²) in [6, 6.07) is 12.7. The van der Waals surface area contributed by atoms with E-state index in [-0.39, 0.29) is 37.2 Å². The maximum Gasteiger partial charge on any atom is 0.239 e. The first-order valence-corrected chi connectivity index (χ1v) is 8.05. The molecule has 1 aromatic heterocycles. The van der Waals surface area contributed by atoms with E-state index in [0.717, 1.165) is 5.69 Å². The Morgan fingerprint density at radius 1 is 1.12 bits per heavy atom. The smallest absolute Gasteiger partial charge is 0.239 e. The lowest BCUT2D eigenvalue weighted by Gasteiger charge is -2.16. The number of amides is 3. The lowest BCUT2D eigenvalue weighted by Crippen LogP contribution is -2.40. The van der Waals surface area contributed by atoms with E-state index >= 15 is 0 Å². The Morgan fingerprint density at radius 3 is 2.64 bits per heavy atom. The maximum atomic E-state index is 12.2. The summed E-state index contributed by atoms with van der Waals surface area (Å²) in [4.78, 5) is 37.7. The van der Waals surface area contributed by atoms with E-state index in [9.17, 15) is 14.4 Å². The molecule has 7 nitrogen and oxygen atoms in total. The van der Waals surface area contributed by atoms with Gasteiger partial charge < -0.3 is 20.0 Å². The van der Waals surface area contributed by atoms with Crippen LogP contribution in [-0.2, 0) is 20.9 Å². The summed E-state index contributed by atoms with van der Waals surface area (Å²) >= 11 is 0. The van der Waals surface area contributed by atoms with Crippen LogP contribution in [0.1, 0.15) is 12.2 Å². The van der Waals surface area contributed by atoms with Crippen molar-refractivity contribution in [2.75, 3.05) is 18.0 Å². The number of anilines is 1. The second-order valence-electron chi connectivity index (χ2n) is 5.81. The summed E-state index contributed by atoms with van der Waals surface area (Å²) in [6.07, 6.45) is 1.67. The minimum absolute atomic E-state index is 0.0892. The van der Waals surface area contributed by atoms with Gasteiger partial charge in [0.25, 0.3) is 0 Å². The van der Waals surface area contributed by atoms with Crippen LogP contribution in [0.3, 0.4) is 0 Å². The molecule has 2 N–H and O–H groups in total. The number of hydrogen-bond acceptors (Lipinski definition) is 4. The molecule has 0 unspecified atom stereocenters. The van der Waals surface area contributed by atoms with Gasteiger partial charge in [-0.25, -0.2) is 0 Å². The van der Waals surface area contributed by atoms with Gasteiger partial charge in [0, 0.05) is 18.7 Å². The Hall–Kier alpha value is -3.09. The normalized spacial score (nSPS) is 16.7. The standard InChI is InChI=1S/C18H19N3O4/c22-16(19-10-15-7-4-8-25-15)11-20-18(24)13-9-17(23)21(12-13)14-5-2-1-3-6-14/h1-8,13H,9-12H2,(H,19,22)(H,20,24)/t13-/m1/s1. The molecule has 1 fully saturated rings. The highest BCUT2D eigenvalue weighted by molar-refractivity contribution is 6.00. The van der Waals surface area contributed by atoms with Gasteiger partial charge in [-0.1, -0.05) is 18.2 Å². The van der Waals surface area contributed by atoms with Crippen molar-refractivity contribution in [1.29, 1.82) is 0 Å². The van der Waals surface area contributed by atoms with Gasteiger partial charge in [0.2, 0.25) is 17.7 Å². The average molecular weight is 341 g/mol. The summed E-state index contributed by atoms with van der Waals surface area (Å²) in [5.41, 5.74) is 0.777. The Labute approximate surface area is 145 Å². The molecule has 2 aromatic rings. The molecule has 1 saturated heterocycles. The van der Waals surface area contributed by atoms with Crippen molar-refractivity contribution in [3.05, 3.63) is 54.5 Å². The number of rotatable bonds is 6. The second-order valence-corrected chi connectivity index (χ2v) is 5.81. The number of benzene rings is 1. The molecule has 0 bridgehead atoms. The van der Waals surface area contributed by atoms with Crippen molar-refractivity contribution in [2.45, 2.75) is 13.0 Å². The summed E-state index contributed by atoms with van der Waals surface area (Å²) in [6.45, 7) is 0.462. The summed E-state index contributed by atoms with van der Waals surface area (Å²) in [5.74, 6) is -0.507. The van der Waals surface area contributed by atoms with E-state index in [4.69, 9.17) is 4.42 Å². The van der Waals surface area contributed by atoms with Gasteiger partial charge in [-0.2, -0.15) is 0 Å². The number of carbonyl (C=O) groups excluding carboxylic acids is 3. The highest BCUT2D eigenvalue weighted by Gasteiger charge is 2.35. The van der Waals surface area contributed by atoms with E-state index in [1.165, 1.54) is 6.26 Å². The Balaban J connectivity index is 1.45. The molecule has 7 heteroatoms. The SMILES string of the molecule is O=C(CNC(=O)[C@@H]1CC(=O)N(c2ccccc2)C1)NCc1ccco1. The third kappa shape index (κ3) is 4.26. The molecule has 3 amide bonds. The minimum Gasteiger partial charge on any atom is -0.467 e. The lowest BCUT2D eigenvalue weighted by molar-refractivity contribution is -0.129. The van der Waals surface area contributed by atoms with Gasteiger partial charge in [-0.05, 0) is 24.3 Å². The van der Waals surface area contributed by atoms with Crippen molar-refractivity contribution in [2.24, 2.45) is 5.92 Å². The lowest BCUT2D eigenvalue weighted by atomic mass is 10.1. The van der Waals surface area contributed by atoms with Crippen molar-refractivity contribution < 1.29 is 18.8 Å². The van der Waals surface area contributed by atoms with Crippen molar-refractivity contribution >= 4 is 23.4 Å². The number of carbonyl (C=O) groups is 3.